The standard InChI is InChI=1S/C17H16O4/c1-12(11-13-7-3-2-4-8-13)21-17(20)15-10-6-5-9-14(15)16(18)19/h2-10,12H,11H2,1H3,(H,18,19). The van der Waals surface area contributed by atoms with Gasteiger partial charge in [0.1, 0.15) is 6.10 Å². The van der Waals surface area contributed by atoms with Crippen LogP contribution in [0.2, 0.25) is 0 Å². The van der Waals surface area contributed by atoms with Crippen LogP contribution in [0, 0.1) is 0 Å². The number of carboxylic acid groups (broad SMARTS) is 1. The minimum Gasteiger partial charge on any atom is -0.478 e. The largest absolute Gasteiger partial charge is 0.478 e. The third kappa shape index (κ3) is 3.92. The zero-order valence-corrected chi connectivity index (χ0v) is 11.7. The van der Waals surface area contributed by atoms with Gasteiger partial charge in [0, 0.05) is 6.42 Å². The van der Waals surface area contributed by atoms with E-state index in [4.69, 9.17) is 9.84 Å². The van der Waals surface area contributed by atoms with E-state index in [1.54, 1.807) is 19.1 Å². The monoisotopic (exact) mass is 284 g/mol. The molecule has 2 rings (SSSR count). The lowest BCUT2D eigenvalue weighted by Gasteiger charge is -2.14. The van der Waals surface area contributed by atoms with Gasteiger partial charge in [-0.25, -0.2) is 9.59 Å². The molecule has 0 aliphatic rings. The van der Waals surface area contributed by atoms with Gasteiger partial charge in [0.15, 0.2) is 0 Å². The smallest absolute Gasteiger partial charge is 0.339 e. The van der Waals surface area contributed by atoms with Gasteiger partial charge >= 0.3 is 11.9 Å². The summed E-state index contributed by atoms with van der Waals surface area (Å²) in [4.78, 5) is 23.2. The lowest BCUT2D eigenvalue weighted by Crippen LogP contribution is -2.19. The normalized spacial score (nSPS) is 11.7. The molecule has 0 aromatic heterocycles. The van der Waals surface area contributed by atoms with Crippen molar-refractivity contribution in [1.29, 1.82) is 0 Å². The van der Waals surface area contributed by atoms with E-state index in [0.29, 0.717) is 6.42 Å². The van der Waals surface area contributed by atoms with Gasteiger partial charge in [-0.2, -0.15) is 0 Å². The summed E-state index contributed by atoms with van der Waals surface area (Å²) in [6.07, 6.45) is 0.253. The van der Waals surface area contributed by atoms with Gasteiger partial charge in [-0.3, -0.25) is 0 Å². The van der Waals surface area contributed by atoms with Crippen molar-refractivity contribution < 1.29 is 19.4 Å². The number of benzene rings is 2. The Kier molecular flexibility index (Phi) is 4.72. The molecule has 1 atom stereocenters. The number of hydrogen-bond acceptors (Lipinski definition) is 3. The number of hydrogen-bond donors (Lipinski definition) is 1. The van der Waals surface area contributed by atoms with Crippen LogP contribution in [-0.2, 0) is 11.2 Å². The average molecular weight is 284 g/mol. The van der Waals surface area contributed by atoms with Crippen molar-refractivity contribution in [2.45, 2.75) is 19.4 Å². The molecule has 0 spiro atoms. The minimum atomic E-state index is -1.14. The minimum absolute atomic E-state index is 0.0468. The van der Waals surface area contributed by atoms with Crippen molar-refractivity contribution in [3.63, 3.8) is 0 Å². The van der Waals surface area contributed by atoms with Crippen LogP contribution in [0.3, 0.4) is 0 Å². The number of ether oxygens (including phenoxy) is 1. The molecular formula is C17H16O4. The van der Waals surface area contributed by atoms with Gasteiger partial charge in [-0.05, 0) is 24.6 Å². The quantitative estimate of drug-likeness (QED) is 0.856. The third-order valence-corrected chi connectivity index (χ3v) is 3.05. The number of aromatic carboxylic acids is 1. The van der Waals surface area contributed by atoms with Gasteiger partial charge in [-0.15, -0.1) is 0 Å². The highest BCUT2D eigenvalue weighted by Gasteiger charge is 2.19. The van der Waals surface area contributed by atoms with E-state index in [0.717, 1.165) is 5.56 Å². The van der Waals surface area contributed by atoms with Gasteiger partial charge in [0.2, 0.25) is 0 Å². The van der Waals surface area contributed by atoms with E-state index in [1.807, 2.05) is 30.3 Å². The molecule has 4 heteroatoms. The first-order valence-corrected chi connectivity index (χ1v) is 6.65. The Morgan fingerprint density at radius 1 is 1.00 bits per heavy atom. The van der Waals surface area contributed by atoms with Gasteiger partial charge in [0.05, 0.1) is 11.1 Å². The molecule has 0 aliphatic heterocycles. The Balaban J connectivity index is 2.06. The number of carbonyl (C=O) groups excluding carboxylic acids is 1. The molecule has 0 bridgehead atoms. The zero-order chi connectivity index (χ0) is 15.2. The SMILES string of the molecule is CC(Cc1ccccc1)OC(=O)c1ccccc1C(=O)O. The third-order valence-electron chi connectivity index (χ3n) is 3.05. The van der Waals surface area contributed by atoms with Crippen LogP contribution in [0.5, 0.6) is 0 Å². The Bertz CT molecular complexity index is 634. The molecule has 0 saturated heterocycles. The molecule has 0 heterocycles. The number of esters is 1. The second-order valence-corrected chi connectivity index (χ2v) is 4.76. The molecule has 21 heavy (non-hydrogen) atoms. The molecule has 0 aliphatic carbocycles. The molecule has 0 saturated carbocycles. The summed E-state index contributed by atoms with van der Waals surface area (Å²) in [5.41, 5.74) is 1.09. The first-order valence-electron chi connectivity index (χ1n) is 6.65. The van der Waals surface area contributed by atoms with Crippen LogP contribution in [0.4, 0.5) is 0 Å². The Labute approximate surface area is 123 Å². The fourth-order valence-electron chi connectivity index (χ4n) is 2.08. The lowest BCUT2D eigenvalue weighted by molar-refractivity contribution is 0.0336. The van der Waals surface area contributed by atoms with Crippen molar-refractivity contribution in [3.05, 3.63) is 71.3 Å². The highest BCUT2D eigenvalue weighted by molar-refractivity contribution is 6.02. The van der Waals surface area contributed by atoms with Crippen LogP contribution in [0.25, 0.3) is 0 Å². The van der Waals surface area contributed by atoms with Gasteiger partial charge in [0.25, 0.3) is 0 Å². The molecule has 0 fully saturated rings. The predicted octanol–water partition coefficient (Wildman–Crippen LogP) is 3.17. The van der Waals surface area contributed by atoms with Crippen LogP contribution in [0.1, 0.15) is 33.2 Å². The van der Waals surface area contributed by atoms with Crippen LogP contribution in [0.15, 0.2) is 54.6 Å². The molecule has 1 unspecified atom stereocenters. The van der Waals surface area contributed by atoms with E-state index in [-0.39, 0.29) is 17.2 Å². The lowest BCUT2D eigenvalue weighted by atomic mass is 10.1. The fourth-order valence-corrected chi connectivity index (χ4v) is 2.08. The summed E-state index contributed by atoms with van der Waals surface area (Å²) >= 11 is 0. The summed E-state index contributed by atoms with van der Waals surface area (Å²) in [7, 11) is 0. The maximum absolute atomic E-state index is 12.1. The summed E-state index contributed by atoms with van der Waals surface area (Å²) in [6.45, 7) is 1.79. The second kappa shape index (κ2) is 6.70. The van der Waals surface area contributed by atoms with Crippen LogP contribution in [-0.4, -0.2) is 23.1 Å². The molecule has 2 aromatic rings. The highest BCUT2D eigenvalue weighted by Crippen LogP contribution is 2.13. The van der Waals surface area contributed by atoms with E-state index in [2.05, 4.69) is 0 Å². The Morgan fingerprint density at radius 2 is 1.57 bits per heavy atom. The molecular weight excluding hydrogens is 268 g/mol. The summed E-state index contributed by atoms with van der Waals surface area (Å²) in [5, 5.41) is 9.08. The van der Waals surface area contributed by atoms with E-state index in [9.17, 15) is 9.59 Å². The van der Waals surface area contributed by atoms with Crippen molar-refractivity contribution in [2.24, 2.45) is 0 Å². The highest BCUT2D eigenvalue weighted by atomic mass is 16.5. The first kappa shape index (κ1) is 14.8. The first-order chi connectivity index (χ1) is 10.1. The maximum atomic E-state index is 12.1. The van der Waals surface area contributed by atoms with Crippen LogP contribution < -0.4 is 0 Å². The van der Waals surface area contributed by atoms with Crippen molar-refractivity contribution >= 4 is 11.9 Å². The molecule has 1 N–H and O–H groups in total. The topological polar surface area (TPSA) is 63.6 Å². The molecule has 2 aromatic carbocycles. The van der Waals surface area contributed by atoms with Crippen molar-refractivity contribution in [1.82, 2.24) is 0 Å². The Morgan fingerprint density at radius 3 is 2.19 bits per heavy atom. The molecule has 0 amide bonds. The average Bonchev–Trinajstić information content (AvgIpc) is 2.48. The van der Waals surface area contributed by atoms with Crippen molar-refractivity contribution in [3.8, 4) is 0 Å². The second-order valence-electron chi connectivity index (χ2n) is 4.76. The number of carboxylic acids is 1. The maximum Gasteiger partial charge on any atom is 0.339 e. The summed E-state index contributed by atoms with van der Waals surface area (Å²) in [6, 6.07) is 15.7. The zero-order valence-electron chi connectivity index (χ0n) is 11.7. The molecule has 4 nitrogen and oxygen atoms in total. The van der Waals surface area contributed by atoms with E-state index in [1.165, 1.54) is 12.1 Å². The Hall–Kier alpha value is -2.62. The van der Waals surface area contributed by atoms with Crippen LogP contribution >= 0.6 is 0 Å². The van der Waals surface area contributed by atoms with Gasteiger partial charge < -0.3 is 9.84 Å². The number of carbonyl (C=O) groups is 2. The fraction of sp³-hybridized carbons (Fsp3) is 0.176. The number of rotatable bonds is 5. The van der Waals surface area contributed by atoms with Crippen molar-refractivity contribution in [2.75, 3.05) is 0 Å². The van der Waals surface area contributed by atoms with Gasteiger partial charge in [-0.1, -0.05) is 42.5 Å². The van der Waals surface area contributed by atoms with E-state index < -0.39 is 11.9 Å². The summed E-state index contributed by atoms with van der Waals surface area (Å²) in [5.74, 6) is -1.75. The summed E-state index contributed by atoms with van der Waals surface area (Å²) < 4.78 is 5.33. The predicted molar refractivity (Wildman–Crippen MR) is 78.4 cm³/mol. The molecule has 108 valence electrons. The van der Waals surface area contributed by atoms with E-state index >= 15 is 0 Å². The molecule has 0 radical (unpaired) electrons.